The van der Waals surface area contributed by atoms with Crippen LogP contribution in [0.2, 0.25) is 5.02 Å². The average molecular weight is 492 g/mol. The van der Waals surface area contributed by atoms with Crippen LogP contribution in [0.5, 0.6) is 0 Å². The second-order valence-electron chi connectivity index (χ2n) is 8.04. The number of aromatic amines is 1. The predicted octanol–water partition coefficient (Wildman–Crippen LogP) is 4.48. The summed E-state index contributed by atoms with van der Waals surface area (Å²) < 4.78 is 1.25. The molecule has 0 saturated heterocycles. The molecule has 0 unspecified atom stereocenters. The highest BCUT2D eigenvalue weighted by atomic mass is 79.9. The number of H-pyrrole nitrogens is 1. The summed E-state index contributed by atoms with van der Waals surface area (Å²) in [7, 11) is 0. The highest BCUT2D eigenvalue weighted by molar-refractivity contribution is 9.09. The summed E-state index contributed by atoms with van der Waals surface area (Å²) in [5.41, 5.74) is 2.43. The first-order valence-corrected chi connectivity index (χ1v) is 11.1. The van der Waals surface area contributed by atoms with Gasteiger partial charge in [-0.05, 0) is 29.7 Å². The molecule has 2 N–H and O–H groups in total. The van der Waals surface area contributed by atoms with Crippen LogP contribution in [0.1, 0.15) is 31.9 Å². The fourth-order valence-electron chi connectivity index (χ4n) is 2.83. The highest BCUT2D eigenvalue weighted by Crippen LogP contribution is 2.22. The van der Waals surface area contributed by atoms with Gasteiger partial charge in [-0.15, -0.1) is 5.10 Å². The zero-order chi connectivity index (χ0) is 21.9. The van der Waals surface area contributed by atoms with Crippen LogP contribution < -0.4 is 11.0 Å². The minimum atomic E-state index is -0.479. The molecule has 6 nitrogen and oxygen atoms in total. The van der Waals surface area contributed by atoms with Crippen LogP contribution in [-0.4, -0.2) is 26.0 Å². The molecule has 0 aliphatic carbocycles. The predicted molar refractivity (Wildman–Crippen MR) is 123 cm³/mol. The van der Waals surface area contributed by atoms with E-state index in [0.29, 0.717) is 23.1 Å². The number of halogens is 2. The average Bonchev–Trinajstić information content (AvgIpc) is 3.08. The van der Waals surface area contributed by atoms with Gasteiger partial charge in [0, 0.05) is 22.9 Å². The largest absolute Gasteiger partial charge is 0.352 e. The number of aryl methyl sites for hydroxylation is 1. The number of alkyl halides is 1. The molecule has 1 aromatic heterocycles. The Bertz CT molecular complexity index is 1100. The number of nitrogens with one attached hydrogen (secondary N) is 2. The zero-order valence-corrected chi connectivity index (χ0v) is 19.5. The fourth-order valence-corrected chi connectivity index (χ4v) is 3.49. The maximum absolute atomic E-state index is 12.6. The Kier molecular flexibility index (Phi) is 6.83. The van der Waals surface area contributed by atoms with Crippen molar-refractivity contribution in [2.75, 3.05) is 5.33 Å². The van der Waals surface area contributed by atoms with E-state index in [1.165, 1.54) is 10.2 Å². The van der Waals surface area contributed by atoms with Gasteiger partial charge in [-0.3, -0.25) is 9.78 Å². The van der Waals surface area contributed by atoms with E-state index in [9.17, 15) is 9.59 Å². The molecule has 1 heterocycles. The van der Waals surface area contributed by atoms with Crippen LogP contribution in [0.15, 0.2) is 47.3 Å². The number of hydrogen-bond donors (Lipinski definition) is 2. The first-order chi connectivity index (χ1) is 14.2. The van der Waals surface area contributed by atoms with Crippen LogP contribution in [-0.2, 0) is 17.8 Å². The van der Waals surface area contributed by atoms with Crippen molar-refractivity contribution in [1.82, 2.24) is 20.1 Å². The number of carbonyl (C=O) groups is 1. The second kappa shape index (κ2) is 9.18. The van der Waals surface area contributed by atoms with E-state index in [1.54, 1.807) is 12.1 Å². The smallest absolute Gasteiger partial charge is 0.348 e. The SMILES string of the molecule is CC(C)(C)C(=O)NCc1ccc(Cl)c(-n2nc(-c3ccc(CCBr)cc3)[nH]c2=O)c1. The number of nitrogens with zero attached hydrogens (tertiary/aromatic N) is 2. The molecule has 0 bridgehead atoms. The minimum Gasteiger partial charge on any atom is -0.352 e. The van der Waals surface area contributed by atoms with Crippen molar-refractivity contribution in [3.05, 3.63) is 69.1 Å². The summed E-state index contributed by atoms with van der Waals surface area (Å²) in [5, 5.41) is 8.62. The van der Waals surface area contributed by atoms with E-state index < -0.39 is 5.41 Å². The Labute approximate surface area is 188 Å². The van der Waals surface area contributed by atoms with E-state index >= 15 is 0 Å². The van der Waals surface area contributed by atoms with Gasteiger partial charge in [-0.25, -0.2) is 4.79 Å². The Balaban J connectivity index is 1.87. The van der Waals surface area contributed by atoms with Crippen LogP contribution in [0, 0.1) is 5.41 Å². The quantitative estimate of drug-likeness (QED) is 0.499. The maximum Gasteiger partial charge on any atom is 0.348 e. The minimum absolute atomic E-state index is 0.0541. The number of carbonyl (C=O) groups excluding carboxylic acids is 1. The number of amides is 1. The molecular formula is C22H24BrClN4O2. The van der Waals surface area contributed by atoms with Crippen molar-refractivity contribution in [3.63, 3.8) is 0 Å². The summed E-state index contributed by atoms with van der Waals surface area (Å²) in [6.07, 6.45) is 0.930. The molecule has 30 heavy (non-hydrogen) atoms. The summed E-state index contributed by atoms with van der Waals surface area (Å²) >= 11 is 9.77. The van der Waals surface area contributed by atoms with Gasteiger partial charge in [-0.2, -0.15) is 4.68 Å². The molecule has 0 spiro atoms. The monoisotopic (exact) mass is 490 g/mol. The Morgan fingerprint density at radius 3 is 2.47 bits per heavy atom. The fraction of sp³-hybridized carbons (Fsp3) is 0.318. The van der Waals surface area contributed by atoms with Gasteiger partial charge in [0.25, 0.3) is 0 Å². The lowest BCUT2D eigenvalue weighted by molar-refractivity contribution is -0.128. The van der Waals surface area contributed by atoms with E-state index in [-0.39, 0.29) is 11.6 Å². The molecule has 0 radical (unpaired) electrons. The van der Waals surface area contributed by atoms with Gasteiger partial charge in [0.2, 0.25) is 5.91 Å². The first-order valence-electron chi connectivity index (χ1n) is 9.61. The topological polar surface area (TPSA) is 79.8 Å². The molecule has 3 aromatic rings. The molecule has 0 atom stereocenters. The molecule has 0 saturated carbocycles. The molecule has 0 aliphatic heterocycles. The van der Waals surface area contributed by atoms with Gasteiger partial charge in [-0.1, -0.05) is 78.6 Å². The lowest BCUT2D eigenvalue weighted by Crippen LogP contribution is -2.34. The van der Waals surface area contributed by atoms with E-state index in [0.717, 1.165) is 22.9 Å². The van der Waals surface area contributed by atoms with E-state index in [4.69, 9.17) is 11.6 Å². The maximum atomic E-state index is 12.6. The van der Waals surface area contributed by atoms with Crippen molar-refractivity contribution >= 4 is 33.4 Å². The van der Waals surface area contributed by atoms with Gasteiger partial charge < -0.3 is 5.32 Å². The first kappa shape index (κ1) is 22.3. The standard InChI is InChI=1S/C22H24BrClN4O2/c1-22(2,3)20(29)25-13-15-6-9-17(24)18(12-15)28-21(30)26-19(27-28)16-7-4-14(5-8-16)10-11-23/h4-9,12H,10-11,13H2,1-3H3,(H,25,29)(H,26,27,30). The van der Waals surface area contributed by atoms with Gasteiger partial charge in [0.05, 0.1) is 10.7 Å². The lowest BCUT2D eigenvalue weighted by atomic mass is 9.95. The van der Waals surface area contributed by atoms with Crippen LogP contribution in [0.4, 0.5) is 0 Å². The Hall–Kier alpha value is -2.38. The molecule has 8 heteroatoms. The second-order valence-corrected chi connectivity index (χ2v) is 9.25. The number of benzene rings is 2. The van der Waals surface area contributed by atoms with Gasteiger partial charge >= 0.3 is 5.69 Å². The number of rotatable bonds is 6. The highest BCUT2D eigenvalue weighted by Gasteiger charge is 2.21. The molecule has 0 aliphatic rings. The molecule has 0 fully saturated rings. The van der Waals surface area contributed by atoms with Gasteiger partial charge in [0.1, 0.15) is 0 Å². The zero-order valence-electron chi connectivity index (χ0n) is 17.1. The summed E-state index contributed by atoms with van der Waals surface area (Å²) in [6, 6.07) is 13.2. The van der Waals surface area contributed by atoms with Crippen molar-refractivity contribution in [3.8, 4) is 17.1 Å². The van der Waals surface area contributed by atoms with Crippen molar-refractivity contribution < 1.29 is 4.79 Å². The molecule has 2 aromatic carbocycles. The van der Waals surface area contributed by atoms with E-state index in [2.05, 4.69) is 31.3 Å². The Morgan fingerprint density at radius 1 is 1.17 bits per heavy atom. The number of hydrogen-bond acceptors (Lipinski definition) is 3. The van der Waals surface area contributed by atoms with Gasteiger partial charge in [0.15, 0.2) is 5.82 Å². The summed E-state index contributed by atoms with van der Waals surface area (Å²) in [4.78, 5) is 27.5. The molecule has 3 rings (SSSR count). The third kappa shape index (κ3) is 5.21. The Morgan fingerprint density at radius 2 is 1.83 bits per heavy atom. The lowest BCUT2D eigenvalue weighted by Gasteiger charge is -2.17. The van der Waals surface area contributed by atoms with Crippen LogP contribution in [0.3, 0.4) is 0 Å². The third-order valence-corrected chi connectivity index (χ3v) is 5.32. The molecule has 158 valence electrons. The van der Waals surface area contributed by atoms with Crippen LogP contribution >= 0.6 is 27.5 Å². The van der Waals surface area contributed by atoms with E-state index in [1.807, 2.05) is 51.1 Å². The summed E-state index contributed by atoms with van der Waals surface area (Å²) in [6.45, 7) is 5.90. The van der Waals surface area contributed by atoms with Crippen molar-refractivity contribution in [2.45, 2.75) is 33.7 Å². The third-order valence-electron chi connectivity index (χ3n) is 4.60. The molecule has 1 amide bonds. The number of aromatic nitrogens is 3. The molecular weight excluding hydrogens is 468 g/mol. The van der Waals surface area contributed by atoms with Crippen molar-refractivity contribution in [2.24, 2.45) is 5.41 Å². The van der Waals surface area contributed by atoms with Crippen LogP contribution in [0.25, 0.3) is 17.1 Å². The normalized spacial score (nSPS) is 11.5. The summed E-state index contributed by atoms with van der Waals surface area (Å²) in [5.74, 6) is 0.412. The van der Waals surface area contributed by atoms with Crippen molar-refractivity contribution in [1.29, 1.82) is 0 Å².